The van der Waals surface area contributed by atoms with Gasteiger partial charge in [-0.2, -0.15) is 5.26 Å². The predicted molar refractivity (Wildman–Crippen MR) is 80.0 cm³/mol. The first-order chi connectivity index (χ1) is 10.3. The van der Waals surface area contributed by atoms with Crippen molar-refractivity contribution >= 4 is 22.4 Å². The number of aromatic nitrogens is 1. The molecular formula is C17H11N3O. The van der Waals surface area contributed by atoms with Crippen molar-refractivity contribution < 1.29 is 4.79 Å². The molecule has 0 spiro atoms. The summed E-state index contributed by atoms with van der Waals surface area (Å²) < 4.78 is 0. The van der Waals surface area contributed by atoms with Gasteiger partial charge in [-0.3, -0.25) is 4.79 Å². The maximum atomic E-state index is 12.8. The number of hydrogen-bond donors (Lipinski definition) is 2. The van der Waals surface area contributed by atoms with E-state index in [4.69, 9.17) is 0 Å². The molecule has 1 aliphatic heterocycles. The quantitative estimate of drug-likeness (QED) is 0.715. The Hall–Kier alpha value is -3.06. The van der Waals surface area contributed by atoms with Gasteiger partial charge in [0.15, 0.2) is 0 Å². The van der Waals surface area contributed by atoms with Crippen LogP contribution in [0.4, 0.5) is 5.69 Å². The van der Waals surface area contributed by atoms with E-state index in [1.165, 1.54) is 0 Å². The molecule has 2 aromatic carbocycles. The summed E-state index contributed by atoms with van der Waals surface area (Å²) in [7, 11) is 0. The van der Waals surface area contributed by atoms with Gasteiger partial charge in [0.2, 0.25) is 11.3 Å². The van der Waals surface area contributed by atoms with Gasteiger partial charge >= 0.3 is 0 Å². The summed E-state index contributed by atoms with van der Waals surface area (Å²) in [5.74, 6) is -0.203. The minimum absolute atomic E-state index is 0.203. The van der Waals surface area contributed by atoms with E-state index in [1.54, 1.807) is 18.3 Å². The third-order valence-electron chi connectivity index (χ3n) is 4.00. The molecule has 1 unspecified atom stereocenters. The van der Waals surface area contributed by atoms with Crippen molar-refractivity contribution in [2.75, 3.05) is 5.32 Å². The fraction of sp³-hybridized carbons (Fsp3) is 0.0588. The van der Waals surface area contributed by atoms with Gasteiger partial charge in [-0.1, -0.05) is 30.3 Å². The topological polar surface area (TPSA) is 68.7 Å². The molecule has 1 aromatic heterocycles. The van der Waals surface area contributed by atoms with Crippen LogP contribution in [0.5, 0.6) is 0 Å². The zero-order valence-corrected chi connectivity index (χ0v) is 11.1. The number of Topliss-reactive ketones (excluding diaryl/α,β-unsaturated/α-hetero) is 1. The zero-order valence-electron chi connectivity index (χ0n) is 11.1. The van der Waals surface area contributed by atoms with Crippen LogP contribution in [-0.4, -0.2) is 10.8 Å². The van der Waals surface area contributed by atoms with E-state index in [0.29, 0.717) is 16.8 Å². The smallest absolute Gasteiger partial charge is 0.216 e. The monoisotopic (exact) mass is 273 g/mol. The van der Waals surface area contributed by atoms with Gasteiger partial charge in [0, 0.05) is 33.9 Å². The summed E-state index contributed by atoms with van der Waals surface area (Å²) >= 11 is 0. The summed E-state index contributed by atoms with van der Waals surface area (Å²) in [4.78, 5) is 15.9. The van der Waals surface area contributed by atoms with Crippen molar-refractivity contribution in [2.45, 2.75) is 5.54 Å². The third-order valence-corrected chi connectivity index (χ3v) is 4.00. The van der Waals surface area contributed by atoms with Crippen molar-refractivity contribution in [3.8, 4) is 6.07 Å². The fourth-order valence-corrected chi connectivity index (χ4v) is 2.96. The SMILES string of the molecule is N#CC1(c2c[nH]c3ccccc23)Nc2ccccc2C1=O. The van der Waals surface area contributed by atoms with Gasteiger partial charge in [-0.05, 0) is 18.2 Å². The zero-order chi connectivity index (χ0) is 14.4. The van der Waals surface area contributed by atoms with Gasteiger partial charge < -0.3 is 10.3 Å². The van der Waals surface area contributed by atoms with Crippen molar-refractivity contribution in [1.82, 2.24) is 4.98 Å². The van der Waals surface area contributed by atoms with Gasteiger partial charge in [0.05, 0.1) is 0 Å². The van der Waals surface area contributed by atoms with Crippen LogP contribution in [0.25, 0.3) is 10.9 Å². The molecular weight excluding hydrogens is 262 g/mol. The largest absolute Gasteiger partial charge is 0.361 e. The number of hydrogen-bond acceptors (Lipinski definition) is 3. The molecule has 2 heterocycles. The molecule has 4 rings (SSSR count). The van der Waals surface area contributed by atoms with Crippen molar-refractivity contribution in [3.05, 3.63) is 65.9 Å². The Morgan fingerprint density at radius 3 is 2.62 bits per heavy atom. The predicted octanol–water partition coefficient (Wildman–Crippen LogP) is 3.20. The van der Waals surface area contributed by atoms with Crippen LogP contribution >= 0.6 is 0 Å². The molecule has 0 amide bonds. The summed E-state index contributed by atoms with van der Waals surface area (Å²) in [6.45, 7) is 0. The Morgan fingerprint density at radius 2 is 1.81 bits per heavy atom. The van der Waals surface area contributed by atoms with Crippen LogP contribution in [0.2, 0.25) is 0 Å². The maximum absolute atomic E-state index is 12.8. The molecule has 0 saturated heterocycles. The number of aromatic amines is 1. The second-order valence-electron chi connectivity index (χ2n) is 5.11. The number of ketones is 1. The van der Waals surface area contributed by atoms with E-state index in [9.17, 15) is 10.1 Å². The number of anilines is 1. The average molecular weight is 273 g/mol. The molecule has 21 heavy (non-hydrogen) atoms. The standard InChI is InChI=1S/C17H11N3O/c18-10-17(13-9-19-14-7-3-1-5-11(13)14)16(21)12-6-2-4-8-15(12)20-17/h1-9,19-20H. The Labute approximate surface area is 121 Å². The lowest BCUT2D eigenvalue weighted by atomic mass is 9.87. The Balaban J connectivity index is 1.99. The number of nitriles is 1. The highest BCUT2D eigenvalue weighted by Crippen LogP contribution is 2.41. The fourth-order valence-electron chi connectivity index (χ4n) is 2.96. The molecule has 4 heteroatoms. The Bertz CT molecular complexity index is 919. The van der Waals surface area contributed by atoms with Crippen LogP contribution in [0.1, 0.15) is 15.9 Å². The average Bonchev–Trinajstić information content (AvgIpc) is 3.08. The summed E-state index contributed by atoms with van der Waals surface area (Å²) in [5, 5.41) is 13.7. The van der Waals surface area contributed by atoms with Crippen LogP contribution in [0.15, 0.2) is 54.7 Å². The van der Waals surface area contributed by atoms with Gasteiger partial charge in [-0.25, -0.2) is 0 Å². The van der Waals surface area contributed by atoms with Gasteiger partial charge in [0.25, 0.3) is 0 Å². The summed E-state index contributed by atoms with van der Waals surface area (Å²) in [6.07, 6.45) is 1.74. The molecule has 0 saturated carbocycles. The number of carbonyl (C=O) groups is 1. The molecule has 4 nitrogen and oxygen atoms in total. The number of carbonyl (C=O) groups excluding carboxylic acids is 1. The maximum Gasteiger partial charge on any atom is 0.216 e. The number of nitrogens with zero attached hydrogens (tertiary/aromatic N) is 1. The first-order valence-corrected chi connectivity index (χ1v) is 6.66. The number of benzene rings is 2. The molecule has 2 N–H and O–H groups in total. The molecule has 0 radical (unpaired) electrons. The molecule has 1 aliphatic rings. The second-order valence-corrected chi connectivity index (χ2v) is 5.11. The summed E-state index contributed by atoms with van der Waals surface area (Å²) in [5.41, 5.74) is 1.48. The first-order valence-electron chi connectivity index (χ1n) is 6.66. The van der Waals surface area contributed by atoms with E-state index < -0.39 is 5.54 Å². The van der Waals surface area contributed by atoms with Crippen molar-refractivity contribution in [3.63, 3.8) is 0 Å². The first kappa shape index (κ1) is 11.7. The van der Waals surface area contributed by atoms with Crippen LogP contribution in [0, 0.1) is 11.3 Å². The molecule has 0 bridgehead atoms. The molecule has 0 aliphatic carbocycles. The van der Waals surface area contributed by atoms with Crippen molar-refractivity contribution in [2.24, 2.45) is 0 Å². The normalized spacial score (nSPS) is 20.0. The van der Waals surface area contributed by atoms with E-state index in [-0.39, 0.29) is 5.78 Å². The van der Waals surface area contributed by atoms with Gasteiger partial charge in [-0.15, -0.1) is 0 Å². The Kier molecular flexibility index (Phi) is 2.22. The molecule has 1 atom stereocenters. The van der Waals surface area contributed by atoms with E-state index in [2.05, 4.69) is 16.4 Å². The van der Waals surface area contributed by atoms with Crippen molar-refractivity contribution in [1.29, 1.82) is 5.26 Å². The van der Waals surface area contributed by atoms with Crippen LogP contribution in [-0.2, 0) is 5.54 Å². The third kappa shape index (κ3) is 1.40. The summed E-state index contributed by atoms with van der Waals surface area (Å²) in [6, 6.07) is 17.1. The molecule has 3 aromatic rings. The van der Waals surface area contributed by atoms with E-state index in [0.717, 1.165) is 10.9 Å². The number of fused-ring (bicyclic) bond motifs is 2. The lowest BCUT2D eigenvalue weighted by molar-refractivity contribution is 0.0949. The van der Waals surface area contributed by atoms with Gasteiger partial charge in [0.1, 0.15) is 6.07 Å². The number of para-hydroxylation sites is 2. The second kappa shape index (κ2) is 3.97. The number of nitrogens with one attached hydrogen (secondary N) is 2. The number of H-pyrrole nitrogens is 1. The lowest BCUT2D eigenvalue weighted by Crippen LogP contribution is -2.36. The highest BCUT2D eigenvalue weighted by atomic mass is 16.1. The van der Waals surface area contributed by atoms with E-state index in [1.807, 2.05) is 36.4 Å². The highest BCUT2D eigenvalue weighted by molar-refractivity contribution is 6.17. The van der Waals surface area contributed by atoms with Crippen LogP contribution in [0.3, 0.4) is 0 Å². The van der Waals surface area contributed by atoms with Crippen LogP contribution < -0.4 is 5.32 Å². The highest BCUT2D eigenvalue weighted by Gasteiger charge is 2.48. The molecule has 0 fully saturated rings. The number of rotatable bonds is 1. The lowest BCUT2D eigenvalue weighted by Gasteiger charge is -2.19. The van der Waals surface area contributed by atoms with E-state index >= 15 is 0 Å². The minimum atomic E-state index is -1.36. The molecule has 100 valence electrons. The minimum Gasteiger partial charge on any atom is -0.361 e. The Morgan fingerprint density at radius 1 is 1.05 bits per heavy atom.